The van der Waals surface area contributed by atoms with Crippen LogP contribution >= 0.6 is 0 Å². The Labute approximate surface area is 203 Å². The van der Waals surface area contributed by atoms with E-state index in [0.29, 0.717) is 49.4 Å². The molecule has 1 N–H and O–H groups in total. The van der Waals surface area contributed by atoms with Crippen LogP contribution in [0.4, 0.5) is 5.69 Å². The summed E-state index contributed by atoms with van der Waals surface area (Å²) < 4.78 is 7.15. The summed E-state index contributed by atoms with van der Waals surface area (Å²) in [4.78, 5) is 27.5. The molecule has 2 aliphatic rings. The van der Waals surface area contributed by atoms with Crippen molar-refractivity contribution >= 4 is 17.5 Å². The summed E-state index contributed by atoms with van der Waals surface area (Å²) in [6.45, 7) is 2.48. The molecule has 2 aliphatic heterocycles. The Balaban J connectivity index is 1.16. The zero-order valence-corrected chi connectivity index (χ0v) is 19.3. The summed E-state index contributed by atoms with van der Waals surface area (Å²) in [5.74, 6) is 0.00342. The largest absolute Gasteiger partial charge is 0.381 e. The number of ether oxygens (including phenoxy) is 1. The monoisotopic (exact) mass is 470 g/mol. The highest BCUT2D eigenvalue weighted by molar-refractivity contribution is 5.95. The molecule has 0 saturated carbocycles. The molecule has 9 nitrogen and oxygen atoms in total. The molecule has 1 aromatic heterocycles. The maximum atomic E-state index is 13.0. The average Bonchev–Trinajstić information content (AvgIpc) is 3.61. The van der Waals surface area contributed by atoms with Gasteiger partial charge in [0.15, 0.2) is 0 Å². The quantitative estimate of drug-likeness (QED) is 0.613. The van der Waals surface area contributed by atoms with Crippen LogP contribution in [0.5, 0.6) is 0 Å². The first kappa shape index (κ1) is 22.7. The lowest BCUT2D eigenvalue weighted by atomic mass is 9.95. The highest BCUT2D eigenvalue weighted by atomic mass is 16.5. The van der Waals surface area contributed by atoms with Crippen molar-refractivity contribution in [2.24, 2.45) is 5.92 Å². The topological polar surface area (TPSA) is 113 Å². The van der Waals surface area contributed by atoms with Gasteiger partial charge in [-0.2, -0.15) is 5.26 Å². The number of rotatable bonds is 5. The standard InChI is InChI=1S/C26H26N6O3/c27-15-18-2-1-3-22(14-18)28-25(33)19-8-11-31(12-9-19)26(34)20-4-6-23(7-5-20)32-16-24(29-30-32)21-10-13-35-17-21/h1-7,14,16,19,21H,8-13,17H2,(H,28,33). The van der Waals surface area contributed by atoms with E-state index in [4.69, 9.17) is 10.00 Å². The number of nitriles is 1. The molecule has 3 aromatic rings. The van der Waals surface area contributed by atoms with Crippen LogP contribution in [0.3, 0.4) is 0 Å². The molecule has 9 heteroatoms. The molecule has 178 valence electrons. The van der Waals surface area contributed by atoms with Crippen molar-refractivity contribution in [3.63, 3.8) is 0 Å². The van der Waals surface area contributed by atoms with Gasteiger partial charge in [0.05, 0.1) is 35.8 Å². The Bertz CT molecular complexity index is 1250. The van der Waals surface area contributed by atoms with E-state index in [2.05, 4.69) is 21.7 Å². The number of nitrogens with one attached hydrogen (secondary N) is 1. The van der Waals surface area contributed by atoms with Crippen LogP contribution in [0.1, 0.15) is 46.8 Å². The van der Waals surface area contributed by atoms with Gasteiger partial charge in [0.1, 0.15) is 0 Å². The van der Waals surface area contributed by atoms with Crippen molar-refractivity contribution in [1.29, 1.82) is 5.26 Å². The van der Waals surface area contributed by atoms with Gasteiger partial charge in [-0.1, -0.05) is 11.3 Å². The van der Waals surface area contributed by atoms with Crippen molar-refractivity contribution in [3.8, 4) is 11.8 Å². The van der Waals surface area contributed by atoms with Crippen molar-refractivity contribution in [3.05, 3.63) is 71.5 Å². The number of hydrogen-bond donors (Lipinski definition) is 1. The lowest BCUT2D eigenvalue weighted by Crippen LogP contribution is -2.41. The average molecular weight is 471 g/mol. The summed E-state index contributed by atoms with van der Waals surface area (Å²) in [5, 5.41) is 20.4. The minimum Gasteiger partial charge on any atom is -0.381 e. The number of likely N-dealkylation sites (tertiary alicyclic amines) is 1. The third-order valence-electron chi connectivity index (χ3n) is 6.65. The van der Waals surface area contributed by atoms with Gasteiger partial charge in [-0.25, -0.2) is 4.68 Å². The first-order chi connectivity index (χ1) is 17.1. The molecule has 0 radical (unpaired) electrons. The molecule has 0 aliphatic carbocycles. The summed E-state index contributed by atoms with van der Waals surface area (Å²) in [5.41, 5.74) is 3.49. The second-order valence-corrected chi connectivity index (χ2v) is 8.94. The molecule has 2 aromatic carbocycles. The third kappa shape index (κ3) is 5.08. The summed E-state index contributed by atoms with van der Waals surface area (Å²) >= 11 is 0. The minimum absolute atomic E-state index is 0.0421. The summed E-state index contributed by atoms with van der Waals surface area (Å²) in [6.07, 6.45) is 4.07. The Morgan fingerprint density at radius 3 is 2.60 bits per heavy atom. The van der Waals surface area contributed by atoms with E-state index in [-0.39, 0.29) is 23.7 Å². The van der Waals surface area contributed by atoms with Crippen LogP contribution in [-0.4, -0.2) is 58.0 Å². The van der Waals surface area contributed by atoms with Crippen LogP contribution in [0, 0.1) is 17.2 Å². The molecule has 2 saturated heterocycles. The number of anilines is 1. The first-order valence-electron chi connectivity index (χ1n) is 11.8. The number of carbonyl (C=O) groups is 2. The number of piperidine rings is 1. The SMILES string of the molecule is N#Cc1cccc(NC(=O)C2CCN(C(=O)c3ccc(-n4cc(C5CCOC5)nn4)cc3)CC2)c1. The van der Waals surface area contributed by atoms with E-state index in [1.54, 1.807) is 46.0 Å². The van der Waals surface area contributed by atoms with Crippen molar-refractivity contribution in [2.45, 2.75) is 25.2 Å². The lowest BCUT2D eigenvalue weighted by molar-refractivity contribution is -0.121. The predicted octanol–water partition coefficient (Wildman–Crippen LogP) is 3.13. The van der Waals surface area contributed by atoms with E-state index < -0.39 is 0 Å². The zero-order valence-electron chi connectivity index (χ0n) is 19.3. The number of amides is 2. The van der Waals surface area contributed by atoms with Gasteiger partial charge < -0.3 is 15.0 Å². The number of aromatic nitrogens is 3. The number of nitrogens with zero attached hydrogens (tertiary/aromatic N) is 5. The van der Waals surface area contributed by atoms with E-state index in [9.17, 15) is 9.59 Å². The van der Waals surface area contributed by atoms with E-state index >= 15 is 0 Å². The zero-order chi connectivity index (χ0) is 24.2. The lowest BCUT2D eigenvalue weighted by Gasteiger charge is -2.31. The van der Waals surface area contributed by atoms with Gasteiger partial charge in [-0.05, 0) is 61.7 Å². The van der Waals surface area contributed by atoms with E-state index in [1.165, 1.54) is 0 Å². The molecule has 1 atom stereocenters. The summed E-state index contributed by atoms with van der Waals surface area (Å²) in [7, 11) is 0. The highest BCUT2D eigenvalue weighted by Crippen LogP contribution is 2.24. The molecule has 2 fully saturated rings. The second kappa shape index (κ2) is 10.1. The van der Waals surface area contributed by atoms with Gasteiger partial charge >= 0.3 is 0 Å². The first-order valence-corrected chi connectivity index (χ1v) is 11.8. The molecule has 2 amide bonds. The molecular formula is C26H26N6O3. The fraction of sp³-hybridized carbons (Fsp3) is 0.346. The maximum Gasteiger partial charge on any atom is 0.253 e. The number of hydrogen-bond acceptors (Lipinski definition) is 6. The molecule has 0 spiro atoms. The highest BCUT2D eigenvalue weighted by Gasteiger charge is 2.28. The fourth-order valence-electron chi connectivity index (χ4n) is 4.55. The molecule has 0 bridgehead atoms. The fourth-order valence-corrected chi connectivity index (χ4v) is 4.55. The smallest absolute Gasteiger partial charge is 0.253 e. The van der Waals surface area contributed by atoms with Crippen molar-refractivity contribution in [2.75, 3.05) is 31.6 Å². The van der Waals surface area contributed by atoms with Crippen molar-refractivity contribution < 1.29 is 14.3 Å². The van der Waals surface area contributed by atoms with E-state index in [1.807, 2.05) is 18.3 Å². The van der Waals surface area contributed by atoms with Crippen LogP contribution in [0.15, 0.2) is 54.7 Å². The number of benzene rings is 2. The number of carbonyl (C=O) groups excluding carboxylic acids is 2. The van der Waals surface area contributed by atoms with Gasteiger partial charge in [0, 0.05) is 42.8 Å². The van der Waals surface area contributed by atoms with Gasteiger partial charge in [-0.3, -0.25) is 9.59 Å². The van der Waals surface area contributed by atoms with Crippen LogP contribution in [0.2, 0.25) is 0 Å². The maximum absolute atomic E-state index is 13.0. The Morgan fingerprint density at radius 1 is 1.09 bits per heavy atom. The second-order valence-electron chi connectivity index (χ2n) is 8.94. The molecular weight excluding hydrogens is 444 g/mol. The third-order valence-corrected chi connectivity index (χ3v) is 6.65. The minimum atomic E-state index is -0.168. The molecule has 5 rings (SSSR count). The van der Waals surface area contributed by atoms with Crippen LogP contribution in [0.25, 0.3) is 5.69 Å². The Kier molecular flexibility index (Phi) is 6.55. The molecule has 3 heterocycles. The molecule has 35 heavy (non-hydrogen) atoms. The predicted molar refractivity (Wildman–Crippen MR) is 128 cm³/mol. The van der Waals surface area contributed by atoms with Gasteiger partial charge in [0.25, 0.3) is 5.91 Å². The Hall–Kier alpha value is -4.03. The van der Waals surface area contributed by atoms with E-state index in [0.717, 1.165) is 24.4 Å². The molecule has 1 unspecified atom stereocenters. The van der Waals surface area contributed by atoms with Crippen LogP contribution < -0.4 is 5.32 Å². The van der Waals surface area contributed by atoms with Gasteiger partial charge in [-0.15, -0.1) is 5.10 Å². The van der Waals surface area contributed by atoms with Crippen molar-refractivity contribution in [1.82, 2.24) is 19.9 Å². The normalized spacial score (nSPS) is 18.3. The van der Waals surface area contributed by atoms with Gasteiger partial charge in [0.2, 0.25) is 5.91 Å². The van der Waals surface area contributed by atoms with Crippen LogP contribution in [-0.2, 0) is 9.53 Å². The Morgan fingerprint density at radius 2 is 1.89 bits per heavy atom. The summed E-state index contributed by atoms with van der Waals surface area (Å²) in [6, 6.07) is 16.3.